The van der Waals surface area contributed by atoms with Crippen molar-refractivity contribution in [3.8, 4) is 11.6 Å². The topological polar surface area (TPSA) is 47.0 Å². The predicted octanol–water partition coefficient (Wildman–Crippen LogP) is 3.49. The van der Waals surface area contributed by atoms with Crippen molar-refractivity contribution in [2.75, 3.05) is 12.4 Å². The van der Waals surface area contributed by atoms with E-state index in [-0.39, 0.29) is 0 Å². The zero-order valence-corrected chi connectivity index (χ0v) is 11.8. The Morgan fingerprint density at radius 2 is 1.89 bits per heavy atom. The number of nitrogens with zero attached hydrogens (tertiary/aromatic N) is 2. The molecule has 0 aliphatic rings. The normalized spacial score (nSPS) is 10.3. The number of aromatic nitrogens is 2. The lowest BCUT2D eigenvalue weighted by Crippen LogP contribution is -2.03. The second-order valence-corrected chi connectivity index (χ2v) is 4.36. The molecule has 0 amide bonds. The number of aryl methyl sites for hydroxylation is 2. The average molecular weight is 257 g/mol. The van der Waals surface area contributed by atoms with Crippen LogP contribution in [0, 0.1) is 13.8 Å². The van der Waals surface area contributed by atoms with Gasteiger partial charge in [0.25, 0.3) is 0 Å². The van der Waals surface area contributed by atoms with Gasteiger partial charge in [-0.1, -0.05) is 25.1 Å². The molecule has 0 aliphatic carbocycles. The third-order valence-electron chi connectivity index (χ3n) is 3.01. The van der Waals surface area contributed by atoms with Gasteiger partial charge in [0.15, 0.2) is 0 Å². The van der Waals surface area contributed by atoms with Crippen molar-refractivity contribution < 1.29 is 4.74 Å². The summed E-state index contributed by atoms with van der Waals surface area (Å²) in [6.45, 7) is 5.92. The summed E-state index contributed by atoms with van der Waals surface area (Å²) in [6.07, 6.45) is 0.929. The van der Waals surface area contributed by atoms with Crippen molar-refractivity contribution in [1.82, 2.24) is 9.97 Å². The number of anilines is 1. The molecule has 0 saturated carbocycles. The summed E-state index contributed by atoms with van der Waals surface area (Å²) in [6, 6.07) is 8.02. The summed E-state index contributed by atoms with van der Waals surface area (Å²) in [4.78, 5) is 8.71. The molecule has 1 aromatic carbocycles. The number of ether oxygens (including phenoxy) is 1. The highest BCUT2D eigenvalue weighted by atomic mass is 16.5. The fourth-order valence-corrected chi connectivity index (χ4v) is 1.95. The fourth-order valence-electron chi connectivity index (χ4n) is 1.95. The molecule has 19 heavy (non-hydrogen) atoms. The van der Waals surface area contributed by atoms with Crippen LogP contribution in [0.2, 0.25) is 0 Å². The lowest BCUT2D eigenvalue weighted by Gasteiger charge is -2.13. The van der Waals surface area contributed by atoms with Gasteiger partial charge in [0.05, 0.1) is 5.56 Å². The van der Waals surface area contributed by atoms with Crippen molar-refractivity contribution in [2.24, 2.45) is 0 Å². The third kappa shape index (κ3) is 2.84. The molecule has 0 radical (unpaired) electrons. The molecule has 1 aromatic heterocycles. The van der Waals surface area contributed by atoms with Crippen molar-refractivity contribution in [2.45, 2.75) is 27.2 Å². The quantitative estimate of drug-likeness (QED) is 0.910. The minimum Gasteiger partial charge on any atom is -0.438 e. The summed E-state index contributed by atoms with van der Waals surface area (Å²) in [5.74, 6) is 2.96. The van der Waals surface area contributed by atoms with Crippen LogP contribution in [-0.4, -0.2) is 17.0 Å². The van der Waals surface area contributed by atoms with Crippen molar-refractivity contribution in [3.05, 3.63) is 41.2 Å². The first-order chi connectivity index (χ1) is 9.15. The first-order valence-corrected chi connectivity index (χ1v) is 6.44. The van der Waals surface area contributed by atoms with E-state index in [9.17, 15) is 0 Å². The predicted molar refractivity (Wildman–Crippen MR) is 76.9 cm³/mol. The molecule has 0 unspecified atom stereocenters. The van der Waals surface area contributed by atoms with E-state index in [1.807, 2.05) is 39.1 Å². The Bertz CT molecular complexity index is 582. The molecule has 4 heteroatoms. The monoisotopic (exact) mass is 257 g/mol. The number of benzene rings is 1. The molecular formula is C15H19N3O. The number of hydrogen-bond acceptors (Lipinski definition) is 4. The minimum atomic E-state index is 0.609. The lowest BCUT2D eigenvalue weighted by atomic mass is 10.1. The van der Waals surface area contributed by atoms with E-state index in [0.29, 0.717) is 11.7 Å². The molecular weight excluding hydrogens is 238 g/mol. The molecule has 0 fully saturated rings. The minimum absolute atomic E-state index is 0.609. The molecule has 0 bridgehead atoms. The standard InChI is InChI=1S/C15H19N3O/c1-5-12-8-6-7-9-13(12)19-15-10(2)14(16-4)17-11(3)18-15/h6-9H,5H2,1-4H3,(H,16,17,18). The Hall–Kier alpha value is -2.10. The highest BCUT2D eigenvalue weighted by molar-refractivity contribution is 5.49. The maximum atomic E-state index is 5.96. The maximum Gasteiger partial charge on any atom is 0.227 e. The number of nitrogens with one attached hydrogen (secondary N) is 1. The molecule has 1 N–H and O–H groups in total. The number of rotatable bonds is 4. The SMILES string of the molecule is CCc1ccccc1Oc1nc(C)nc(NC)c1C. The highest BCUT2D eigenvalue weighted by Gasteiger charge is 2.11. The zero-order chi connectivity index (χ0) is 13.8. The van der Waals surface area contributed by atoms with Crippen LogP contribution in [0.1, 0.15) is 23.9 Å². The summed E-state index contributed by atoms with van der Waals surface area (Å²) in [5.41, 5.74) is 2.09. The summed E-state index contributed by atoms with van der Waals surface area (Å²) in [7, 11) is 1.85. The average Bonchev–Trinajstić information content (AvgIpc) is 2.43. The molecule has 2 aromatic rings. The summed E-state index contributed by atoms with van der Waals surface area (Å²) in [5, 5.41) is 3.06. The summed E-state index contributed by atoms with van der Waals surface area (Å²) >= 11 is 0. The zero-order valence-electron chi connectivity index (χ0n) is 11.8. The van der Waals surface area contributed by atoms with Gasteiger partial charge in [-0.25, -0.2) is 4.98 Å². The van der Waals surface area contributed by atoms with Gasteiger partial charge in [-0.2, -0.15) is 4.98 Å². The van der Waals surface area contributed by atoms with Crippen LogP contribution in [0.3, 0.4) is 0 Å². The van der Waals surface area contributed by atoms with Crippen LogP contribution in [0.5, 0.6) is 11.6 Å². The van der Waals surface area contributed by atoms with Gasteiger partial charge in [-0.05, 0) is 31.9 Å². The van der Waals surface area contributed by atoms with Crippen molar-refractivity contribution in [1.29, 1.82) is 0 Å². The largest absolute Gasteiger partial charge is 0.438 e. The van der Waals surface area contributed by atoms with Gasteiger partial charge in [-0.3, -0.25) is 0 Å². The van der Waals surface area contributed by atoms with Crippen LogP contribution in [0.25, 0.3) is 0 Å². The van der Waals surface area contributed by atoms with Gasteiger partial charge in [0.1, 0.15) is 17.4 Å². The van der Waals surface area contributed by atoms with Crippen molar-refractivity contribution >= 4 is 5.82 Å². The molecule has 0 atom stereocenters. The fraction of sp³-hybridized carbons (Fsp3) is 0.333. The van der Waals surface area contributed by atoms with Gasteiger partial charge >= 0.3 is 0 Å². The second kappa shape index (κ2) is 5.69. The Balaban J connectivity index is 2.40. The van der Waals surface area contributed by atoms with E-state index >= 15 is 0 Å². The molecule has 0 spiro atoms. The summed E-state index contributed by atoms with van der Waals surface area (Å²) < 4.78 is 5.96. The highest BCUT2D eigenvalue weighted by Crippen LogP contribution is 2.29. The molecule has 1 heterocycles. The van der Waals surface area contributed by atoms with E-state index in [4.69, 9.17) is 4.74 Å². The van der Waals surface area contributed by atoms with Gasteiger partial charge in [0, 0.05) is 7.05 Å². The molecule has 0 aliphatic heterocycles. The van der Waals surface area contributed by atoms with Crippen LogP contribution < -0.4 is 10.1 Å². The third-order valence-corrected chi connectivity index (χ3v) is 3.01. The first kappa shape index (κ1) is 13.3. The van der Waals surface area contributed by atoms with E-state index in [1.54, 1.807) is 0 Å². The number of hydrogen-bond donors (Lipinski definition) is 1. The van der Waals surface area contributed by atoms with E-state index in [1.165, 1.54) is 5.56 Å². The Morgan fingerprint density at radius 3 is 2.58 bits per heavy atom. The smallest absolute Gasteiger partial charge is 0.227 e. The number of para-hydroxylation sites is 1. The molecule has 2 rings (SSSR count). The van der Waals surface area contributed by atoms with Gasteiger partial charge in [-0.15, -0.1) is 0 Å². The Morgan fingerprint density at radius 1 is 1.16 bits per heavy atom. The van der Waals surface area contributed by atoms with Gasteiger partial charge < -0.3 is 10.1 Å². The van der Waals surface area contributed by atoms with E-state index in [0.717, 1.165) is 23.6 Å². The van der Waals surface area contributed by atoms with E-state index in [2.05, 4.69) is 28.3 Å². The molecule has 4 nitrogen and oxygen atoms in total. The van der Waals surface area contributed by atoms with Crippen LogP contribution >= 0.6 is 0 Å². The molecule has 100 valence electrons. The Labute approximate surface area is 113 Å². The van der Waals surface area contributed by atoms with Crippen LogP contribution in [0.15, 0.2) is 24.3 Å². The Kier molecular flexibility index (Phi) is 4.00. The van der Waals surface area contributed by atoms with Crippen LogP contribution in [-0.2, 0) is 6.42 Å². The lowest BCUT2D eigenvalue weighted by molar-refractivity contribution is 0.451. The van der Waals surface area contributed by atoms with Crippen LogP contribution in [0.4, 0.5) is 5.82 Å². The second-order valence-electron chi connectivity index (χ2n) is 4.36. The maximum absolute atomic E-state index is 5.96. The first-order valence-electron chi connectivity index (χ1n) is 6.44. The van der Waals surface area contributed by atoms with E-state index < -0.39 is 0 Å². The molecule has 0 saturated heterocycles. The van der Waals surface area contributed by atoms with Crippen molar-refractivity contribution in [3.63, 3.8) is 0 Å². The van der Waals surface area contributed by atoms with Gasteiger partial charge in [0.2, 0.25) is 5.88 Å².